The van der Waals surface area contributed by atoms with Gasteiger partial charge in [-0.2, -0.15) is 26.3 Å². The van der Waals surface area contributed by atoms with E-state index < -0.39 is 79.1 Å². The fourth-order valence-corrected chi connectivity index (χ4v) is 7.56. The highest BCUT2D eigenvalue weighted by atomic mass is 32.2. The molecule has 0 spiro atoms. The Morgan fingerprint density at radius 3 is 1.83 bits per heavy atom. The van der Waals surface area contributed by atoms with Gasteiger partial charge in [-0.1, -0.05) is 24.3 Å². The van der Waals surface area contributed by atoms with Crippen LogP contribution in [0.25, 0.3) is 0 Å². The lowest BCUT2D eigenvalue weighted by Gasteiger charge is -2.37. The van der Waals surface area contributed by atoms with Gasteiger partial charge in [-0.3, -0.25) is 9.59 Å². The molecule has 0 aromatic heterocycles. The molecule has 2 fully saturated rings. The summed E-state index contributed by atoms with van der Waals surface area (Å²) in [6, 6.07) is 5.09. The van der Waals surface area contributed by atoms with Crippen molar-refractivity contribution >= 4 is 21.7 Å². The monoisotopic (exact) mass is 628 g/mol. The van der Waals surface area contributed by atoms with Crippen LogP contribution in [0.1, 0.15) is 30.4 Å². The zero-order valence-corrected chi connectivity index (χ0v) is 22.4. The molecule has 2 N–H and O–H groups in total. The SMILES string of the molecule is NC(=O)C1(C(=O)N2CC[C@](c3ccc(C(F)(C(F)(F)F)C(F)(F)F)cc3)(S(=O)(=O)c3ccc(F)cc3)C2)CCOCC1. The van der Waals surface area contributed by atoms with Gasteiger partial charge in [-0.05, 0) is 49.1 Å². The maximum atomic E-state index is 14.7. The number of ether oxygens (including phenoxy) is 1. The van der Waals surface area contributed by atoms with E-state index in [0.29, 0.717) is 12.1 Å². The summed E-state index contributed by atoms with van der Waals surface area (Å²) in [4.78, 5) is 26.6. The molecule has 230 valence electrons. The third-order valence-corrected chi connectivity index (χ3v) is 10.5. The number of nitrogens with two attached hydrogens (primary N) is 1. The maximum absolute atomic E-state index is 14.7. The van der Waals surface area contributed by atoms with Crippen LogP contribution in [0.4, 0.5) is 35.1 Å². The normalized spacial score (nSPS) is 21.8. The van der Waals surface area contributed by atoms with Crippen molar-refractivity contribution in [3.63, 3.8) is 0 Å². The van der Waals surface area contributed by atoms with E-state index in [2.05, 4.69) is 0 Å². The summed E-state index contributed by atoms with van der Waals surface area (Å²) in [5, 5.41) is 0. The smallest absolute Gasteiger partial charge is 0.381 e. The van der Waals surface area contributed by atoms with Crippen LogP contribution in [0.15, 0.2) is 53.4 Å². The zero-order valence-electron chi connectivity index (χ0n) is 21.6. The van der Waals surface area contributed by atoms with E-state index in [0.717, 1.165) is 29.2 Å². The largest absolute Gasteiger partial charge is 0.435 e. The van der Waals surface area contributed by atoms with E-state index in [1.165, 1.54) is 0 Å². The molecule has 0 radical (unpaired) electrons. The fourth-order valence-electron chi connectivity index (χ4n) is 5.48. The molecule has 1 atom stereocenters. The predicted molar refractivity (Wildman–Crippen MR) is 129 cm³/mol. The highest BCUT2D eigenvalue weighted by Gasteiger charge is 2.73. The molecule has 4 rings (SSSR count). The maximum Gasteiger partial charge on any atom is 0.435 e. The number of carbonyl (C=O) groups is 2. The number of sulfone groups is 1. The van der Waals surface area contributed by atoms with Crippen LogP contribution in [0.2, 0.25) is 0 Å². The molecule has 2 amide bonds. The van der Waals surface area contributed by atoms with Gasteiger partial charge in [-0.25, -0.2) is 17.2 Å². The first kappa shape index (κ1) is 31.7. The summed E-state index contributed by atoms with van der Waals surface area (Å²) in [5.74, 6) is -2.59. The van der Waals surface area contributed by atoms with Crippen molar-refractivity contribution in [3.05, 3.63) is 65.5 Å². The molecule has 2 aliphatic rings. The Labute approximate surface area is 234 Å². The van der Waals surface area contributed by atoms with E-state index in [1.54, 1.807) is 0 Å². The van der Waals surface area contributed by atoms with Gasteiger partial charge in [0.1, 0.15) is 16.0 Å². The number of likely N-dealkylation sites (tertiary alicyclic amines) is 1. The third-order valence-electron chi connectivity index (χ3n) is 7.97. The predicted octanol–water partition coefficient (Wildman–Crippen LogP) is 4.30. The summed E-state index contributed by atoms with van der Waals surface area (Å²) in [7, 11) is -4.65. The van der Waals surface area contributed by atoms with Crippen LogP contribution >= 0.6 is 0 Å². The average Bonchev–Trinajstić information content (AvgIpc) is 3.39. The van der Waals surface area contributed by atoms with Crippen molar-refractivity contribution in [3.8, 4) is 0 Å². The number of alkyl halides is 7. The Bertz CT molecular complexity index is 1440. The fraction of sp³-hybridized carbons (Fsp3) is 0.462. The second-order valence-corrected chi connectivity index (χ2v) is 12.5. The number of carbonyl (C=O) groups excluding carboxylic acids is 2. The zero-order chi connectivity index (χ0) is 31.4. The lowest BCUT2D eigenvalue weighted by atomic mass is 9.78. The summed E-state index contributed by atoms with van der Waals surface area (Å²) in [5.41, 5.74) is -4.11. The average molecular weight is 629 g/mol. The first-order chi connectivity index (χ1) is 19.3. The Kier molecular flexibility index (Phi) is 7.89. The van der Waals surface area contributed by atoms with Crippen LogP contribution in [-0.4, -0.2) is 63.8 Å². The molecule has 2 aromatic carbocycles. The van der Waals surface area contributed by atoms with Crippen LogP contribution in [-0.2, 0) is 34.6 Å². The molecule has 2 aromatic rings. The number of amides is 2. The third kappa shape index (κ3) is 4.81. The van der Waals surface area contributed by atoms with Gasteiger partial charge in [0.2, 0.25) is 11.8 Å². The molecular weight excluding hydrogens is 604 g/mol. The highest BCUT2D eigenvalue weighted by Crippen LogP contribution is 2.54. The minimum atomic E-state index is -6.39. The summed E-state index contributed by atoms with van der Waals surface area (Å²) >= 11 is 0. The molecule has 0 unspecified atom stereocenters. The molecule has 2 heterocycles. The van der Waals surface area contributed by atoms with Crippen molar-refractivity contribution < 1.29 is 57.9 Å². The number of primary amides is 1. The van der Waals surface area contributed by atoms with Crippen molar-refractivity contribution in [2.24, 2.45) is 11.1 Å². The quantitative estimate of drug-likeness (QED) is 0.292. The number of hydrogen-bond acceptors (Lipinski definition) is 5. The number of hydrogen-bond donors (Lipinski definition) is 1. The van der Waals surface area contributed by atoms with Gasteiger partial charge in [0.25, 0.3) is 0 Å². The molecule has 16 heteroatoms. The van der Waals surface area contributed by atoms with Gasteiger partial charge < -0.3 is 15.4 Å². The minimum Gasteiger partial charge on any atom is -0.381 e. The standard InChI is InChI=1S/C26H24F8N2O5S/c27-18-5-7-19(8-6-18)42(39,40)23(9-12-36(15-23)21(38)22(20(35)37)10-13-41-14-11-22)16-1-3-17(4-2-16)24(28,25(29,30)31)26(32,33)34/h1-8H,9-15H2,(H2,35,37)/t23-/m0/s1. The van der Waals surface area contributed by atoms with Crippen LogP contribution in [0, 0.1) is 11.2 Å². The molecule has 0 aliphatic carbocycles. The van der Waals surface area contributed by atoms with Gasteiger partial charge in [0.15, 0.2) is 9.84 Å². The van der Waals surface area contributed by atoms with Crippen LogP contribution in [0.5, 0.6) is 0 Å². The molecular formula is C26H24F8N2O5S. The van der Waals surface area contributed by atoms with Gasteiger partial charge in [0.05, 0.1) is 4.90 Å². The van der Waals surface area contributed by atoms with E-state index >= 15 is 0 Å². The second kappa shape index (κ2) is 10.5. The van der Waals surface area contributed by atoms with Gasteiger partial charge in [0, 0.05) is 31.9 Å². The molecule has 0 bridgehead atoms. The first-order valence-corrected chi connectivity index (χ1v) is 13.9. The van der Waals surface area contributed by atoms with Crippen molar-refractivity contribution in [1.29, 1.82) is 0 Å². The molecule has 2 aliphatic heterocycles. The Morgan fingerprint density at radius 1 is 0.833 bits per heavy atom. The van der Waals surface area contributed by atoms with Crippen LogP contribution in [0.3, 0.4) is 0 Å². The van der Waals surface area contributed by atoms with Crippen molar-refractivity contribution in [2.45, 2.75) is 46.9 Å². The Balaban J connectivity index is 1.84. The lowest BCUT2D eigenvalue weighted by molar-refractivity contribution is -0.348. The Hall–Kier alpha value is -3.27. The highest BCUT2D eigenvalue weighted by molar-refractivity contribution is 7.92. The Morgan fingerprint density at radius 2 is 1.36 bits per heavy atom. The molecule has 7 nitrogen and oxygen atoms in total. The topological polar surface area (TPSA) is 107 Å². The number of benzene rings is 2. The molecule has 2 saturated heterocycles. The summed E-state index contributed by atoms with van der Waals surface area (Å²) < 4.78 is 139. The van der Waals surface area contributed by atoms with Crippen LogP contribution < -0.4 is 5.73 Å². The van der Waals surface area contributed by atoms with Crippen molar-refractivity contribution in [2.75, 3.05) is 26.3 Å². The van der Waals surface area contributed by atoms with E-state index in [4.69, 9.17) is 10.5 Å². The number of halogens is 8. The second-order valence-electron chi connectivity index (χ2n) is 10.2. The number of rotatable bonds is 6. The minimum absolute atomic E-state index is 0.00634. The number of nitrogens with zero attached hydrogens (tertiary/aromatic N) is 1. The van der Waals surface area contributed by atoms with E-state index in [-0.39, 0.29) is 50.3 Å². The van der Waals surface area contributed by atoms with Crippen molar-refractivity contribution in [1.82, 2.24) is 4.90 Å². The molecule has 42 heavy (non-hydrogen) atoms. The van der Waals surface area contributed by atoms with E-state index in [1.807, 2.05) is 0 Å². The summed E-state index contributed by atoms with van der Waals surface area (Å²) in [6.45, 7) is -0.964. The molecule has 0 saturated carbocycles. The summed E-state index contributed by atoms with van der Waals surface area (Å²) in [6.07, 6.45) is -13.4. The first-order valence-electron chi connectivity index (χ1n) is 12.4. The van der Waals surface area contributed by atoms with E-state index in [9.17, 15) is 53.1 Å². The van der Waals surface area contributed by atoms with Gasteiger partial charge in [-0.15, -0.1) is 0 Å². The van der Waals surface area contributed by atoms with Gasteiger partial charge >= 0.3 is 18.0 Å². The lowest BCUT2D eigenvalue weighted by Crippen LogP contribution is -2.54.